The third kappa shape index (κ3) is 2.95. The van der Waals surface area contributed by atoms with Crippen LogP contribution in [0.4, 0.5) is 5.82 Å². The molecule has 1 aliphatic rings. The molecule has 0 unspecified atom stereocenters. The number of hydrogen-bond donors (Lipinski definition) is 1. The highest BCUT2D eigenvalue weighted by molar-refractivity contribution is 7.16. The molecule has 0 amide bonds. The molecule has 1 N–H and O–H groups in total. The molecule has 0 bridgehead atoms. The summed E-state index contributed by atoms with van der Waals surface area (Å²) in [6, 6.07) is 4.79. The molecule has 1 aliphatic carbocycles. The average molecular weight is 327 g/mol. The van der Waals surface area contributed by atoms with Gasteiger partial charge in [-0.25, -0.2) is 9.97 Å². The van der Waals surface area contributed by atoms with E-state index in [4.69, 9.17) is 5.10 Å². The highest BCUT2D eigenvalue weighted by Crippen LogP contribution is 2.29. The summed E-state index contributed by atoms with van der Waals surface area (Å²) in [4.78, 5) is 10.3. The maximum absolute atomic E-state index is 4.73. The van der Waals surface area contributed by atoms with Crippen molar-refractivity contribution in [3.63, 3.8) is 0 Å². The van der Waals surface area contributed by atoms with Crippen LogP contribution >= 0.6 is 11.3 Å². The highest BCUT2D eigenvalue weighted by Gasteiger charge is 2.17. The van der Waals surface area contributed by atoms with Gasteiger partial charge in [0.2, 0.25) is 0 Å². The van der Waals surface area contributed by atoms with E-state index >= 15 is 0 Å². The summed E-state index contributed by atoms with van der Waals surface area (Å²) < 4.78 is 2.14. The van der Waals surface area contributed by atoms with E-state index in [2.05, 4.69) is 50.6 Å². The van der Waals surface area contributed by atoms with Gasteiger partial charge in [0.1, 0.15) is 16.5 Å². The minimum Gasteiger partial charge on any atom is -0.364 e. The van der Waals surface area contributed by atoms with Gasteiger partial charge < -0.3 is 5.32 Å². The Bertz CT molecular complexity index is 800. The fraction of sp³-hybridized carbons (Fsp3) is 0.471. The second-order valence-electron chi connectivity index (χ2n) is 6.06. The first kappa shape index (κ1) is 14.6. The van der Waals surface area contributed by atoms with Crippen molar-refractivity contribution in [2.24, 2.45) is 0 Å². The Morgan fingerprint density at radius 1 is 1.26 bits per heavy atom. The molecule has 0 saturated heterocycles. The van der Waals surface area contributed by atoms with E-state index in [0.717, 1.165) is 34.0 Å². The number of aryl methyl sites for hydroxylation is 1. The van der Waals surface area contributed by atoms with E-state index in [0.29, 0.717) is 12.6 Å². The van der Waals surface area contributed by atoms with E-state index in [-0.39, 0.29) is 0 Å². The number of thiophene rings is 1. The average Bonchev–Trinajstić information content (AvgIpc) is 3.32. The van der Waals surface area contributed by atoms with Gasteiger partial charge in [-0.2, -0.15) is 5.10 Å². The van der Waals surface area contributed by atoms with Gasteiger partial charge in [-0.3, -0.25) is 4.68 Å². The Morgan fingerprint density at radius 3 is 2.96 bits per heavy atom. The number of nitrogens with one attached hydrogen (secondary N) is 1. The lowest BCUT2D eigenvalue weighted by Crippen LogP contribution is -2.08. The molecule has 0 aliphatic heterocycles. The zero-order valence-electron chi connectivity index (χ0n) is 13.3. The van der Waals surface area contributed by atoms with E-state index in [9.17, 15) is 0 Å². The molecule has 0 atom stereocenters. The molecule has 4 rings (SSSR count). The van der Waals surface area contributed by atoms with Crippen molar-refractivity contribution in [2.75, 3.05) is 5.32 Å². The molecule has 120 valence electrons. The van der Waals surface area contributed by atoms with Crippen LogP contribution in [0.15, 0.2) is 23.7 Å². The molecule has 6 heteroatoms. The monoisotopic (exact) mass is 327 g/mol. The molecule has 23 heavy (non-hydrogen) atoms. The quantitative estimate of drug-likeness (QED) is 0.764. The molecule has 0 radical (unpaired) electrons. The predicted molar refractivity (Wildman–Crippen MR) is 93.9 cm³/mol. The molecule has 3 heterocycles. The Morgan fingerprint density at radius 2 is 2.13 bits per heavy atom. The molecule has 1 fully saturated rings. The fourth-order valence-corrected chi connectivity index (χ4v) is 3.99. The van der Waals surface area contributed by atoms with Crippen LogP contribution in [0.5, 0.6) is 0 Å². The normalized spacial score (nSPS) is 15.5. The van der Waals surface area contributed by atoms with Crippen LogP contribution in [0, 0.1) is 0 Å². The van der Waals surface area contributed by atoms with Gasteiger partial charge in [0, 0.05) is 12.6 Å². The highest BCUT2D eigenvalue weighted by atomic mass is 32.1. The van der Waals surface area contributed by atoms with Crippen molar-refractivity contribution in [2.45, 2.75) is 51.6 Å². The molecule has 3 aromatic heterocycles. The lowest BCUT2D eigenvalue weighted by molar-refractivity contribution is 0.463. The third-order valence-corrected chi connectivity index (χ3v) is 5.29. The van der Waals surface area contributed by atoms with E-state index in [1.807, 2.05) is 0 Å². The molecular weight excluding hydrogens is 306 g/mol. The Balaban J connectivity index is 1.51. The van der Waals surface area contributed by atoms with Gasteiger partial charge in [0.15, 0.2) is 0 Å². The predicted octanol–water partition coefficient (Wildman–Crippen LogP) is 4.18. The van der Waals surface area contributed by atoms with Crippen molar-refractivity contribution >= 4 is 27.4 Å². The summed E-state index contributed by atoms with van der Waals surface area (Å²) >= 11 is 1.66. The summed E-state index contributed by atoms with van der Waals surface area (Å²) in [6.07, 6.45) is 8.14. The van der Waals surface area contributed by atoms with Crippen LogP contribution in [0.1, 0.15) is 50.2 Å². The van der Waals surface area contributed by atoms with Crippen LogP contribution in [0.2, 0.25) is 0 Å². The third-order valence-electron chi connectivity index (χ3n) is 4.49. The standard InChI is InChI=1S/C17H21N5S/c1-2-15-19-16(14-8-10-23-17(14)20-15)18-11-12-7-9-22(21-12)13-5-3-4-6-13/h7-10,13H,2-6,11H2,1H3,(H,18,19,20). The Labute approximate surface area is 139 Å². The van der Waals surface area contributed by atoms with Crippen LogP contribution < -0.4 is 5.32 Å². The first-order chi connectivity index (χ1) is 11.3. The molecule has 0 aromatic carbocycles. The Hall–Kier alpha value is -1.95. The summed E-state index contributed by atoms with van der Waals surface area (Å²) in [5.41, 5.74) is 1.07. The zero-order chi connectivity index (χ0) is 15.6. The van der Waals surface area contributed by atoms with Crippen molar-refractivity contribution in [1.29, 1.82) is 0 Å². The van der Waals surface area contributed by atoms with Crippen LogP contribution in [-0.4, -0.2) is 19.7 Å². The van der Waals surface area contributed by atoms with Gasteiger partial charge in [0.25, 0.3) is 0 Å². The van der Waals surface area contributed by atoms with Crippen LogP contribution in [0.3, 0.4) is 0 Å². The largest absolute Gasteiger partial charge is 0.364 e. The van der Waals surface area contributed by atoms with Gasteiger partial charge in [-0.05, 0) is 30.4 Å². The van der Waals surface area contributed by atoms with Crippen molar-refractivity contribution in [1.82, 2.24) is 19.7 Å². The molecule has 0 spiro atoms. The van der Waals surface area contributed by atoms with Gasteiger partial charge >= 0.3 is 0 Å². The lowest BCUT2D eigenvalue weighted by atomic mass is 10.3. The van der Waals surface area contributed by atoms with Crippen molar-refractivity contribution < 1.29 is 0 Å². The van der Waals surface area contributed by atoms with Gasteiger partial charge in [-0.15, -0.1) is 11.3 Å². The number of fused-ring (bicyclic) bond motifs is 1. The topological polar surface area (TPSA) is 55.6 Å². The van der Waals surface area contributed by atoms with E-state index < -0.39 is 0 Å². The molecule has 3 aromatic rings. The number of rotatable bonds is 5. The van der Waals surface area contributed by atoms with E-state index in [1.165, 1.54) is 25.7 Å². The van der Waals surface area contributed by atoms with Gasteiger partial charge in [0.05, 0.1) is 23.7 Å². The first-order valence-corrected chi connectivity index (χ1v) is 9.23. The maximum Gasteiger partial charge on any atom is 0.138 e. The molecule has 1 saturated carbocycles. The number of anilines is 1. The minimum absolute atomic E-state index is 0.595. The van der Waals surface area contributed by atoms with E-state index in [1.54, 1.807) is 11.3 Å². The molecule has 5 nitrogen and oxygen atoms in total. The summed E-state index contributed by atoms with van der Waals surface area (Å²) in [5, 5.41) is 11.3. The molecular formula is C17H21N5S. The lowest BCUT2D eigenvalue weighted by Gasteiger charge is -2.09. The fourth-order valence-electron chi connectivity index (χ4n) is 3.21. The van der Waals surface area contributed by atoms with Gasteiger partial charge in [-0.1, -0.05) is 19.8 Å². The second kappa shape index (κ2) is 6.28. The second-order valence-corrected chi connectivity index (χ2v) is 6.95. The van der Waals surface area contributed by atoms with Crippen LogP contribution in [-0.2, 0) is 13.0 Å². The number of aromatic nitrogens is 4. The van der Waals surface area contributed by atoms with Crippen LogP contribution in [0.25, 0.3) is 10.2 Å². The summed E-state index contributed by atoms with van der Waals surface area (Å²) in [5.74, 6) is 1.81. The summed E-state index contributed by atoms with van der Waals surface area (Å²) in [6.45, 7) is 2.78. The SMILES string of the molecule is CCc1nc(NCc2ccn(C3CCCC3)n2)c2ccsc2n1. The minimum atomic E-state index is 0.595. The zero-order valence-corrected chi connectivity index (χ0v) is 14.1. The number of hydrogen-bond acceptors (Lipinski definition) is 5. The maximum atomic E-state index is 4.73. The first-order valence-electron chi connectivity index (χ1n) is 8.35. The van der Waals surface area contributed by atoms with Crippen molar-refractivity contribution in [3.05, 3.63) is 35.2 Å². The number of nitrogens with zero attached hydrogens (tertiary/aromatic N) is 4. The Kier molecular flexibility index (Phi) is 3.99. The smallest absolute Gasteiger partial charge is 0.138 e. The summed E-state index contributed by atoms with van der Waals surface area (Å²) in [7, 11) is 0. The van der Waals surface area contributed by atoms with Crippen molar-refractivity contribution in [3.8, 4) is 0 Å².